The van der Waals surface area contributed by atoms with E-state index in [-0.39, 0.29) is 12.1 Å². The summed E-state index contributed by atoms with van der Waals surface area (Å²) in [5.41, 5.74) is 0. The summed E-state index contributed by atoms with van der Waals surface area (Å²) in [4.78, 5) is 17.3. The van der Waals surface area contributed by atoms with Crippen molar-refractivity contribution in [3.8, 4) is 0 Å². The average Bonchev–Trinajstić information content (AvgIpc) is 1.85. The van der Waals surface area contributed by atoms with Gasteiger partial charge in [0.2, 0.25) is 0 Å². The van der Waals surface area contributed by atoms with Crippen LogP contribution >= 0.6 is 7.60 Å². The Labute approximate surface area is 66.2 Å². The van der Waals surface area contributed by atoms with E-state index in [2.05, 4.69) is 5.32 Å². The summed E-state index contributed by atoms with van der Waals surface area (Å²) < 4.78 is 10.6. The zero-order valence-corrected chi connectivity index (χ0v) is 7.20. The summed E-state index contributed by atoms with van der Waals surface area (Å²) in [6, 6.07) is 0. The van der Waals surface area contributed by atoms with E-state index in [0.717, 1.165) is 25.9 Å². The first-order chi connectivity index (χ1) is 5.08. The van der Waals surface area contributed by atoms with Crippen LogP contribution in [0.5, 0.6) is 0 Å². The van der Waals surface area contributed by atoms with Gasteiger partial charge in [-0.1, -0.05) is 0 Å². The van der Waals surface area contributed by atoms with E-state index < -0.39 is 7.60 Å². The molecule has 0 saturated carbocycles. The van der Waals surface area contributed by atoms with Crippen LogP contribution in [0.25, 0.3) is 0 Å². The Kier molecular flexibility index (Phi) is 3.07. The van der Waals surface area contributed by atoms with Gasteiger partial charge in [0.1, 0.15) is 0 Å². The molecule has 1 heterocycles. The molecule has 5 heteroatoms. The minimum Gasteiger partial charge on any atom is -0.324 e. The van der Waals surface area contributed by atoms with Crippen molar-refractivity contribution >= 4 is 7.60 Å². The molecule has 2 N–H and O–H groups in total. The molecular weight excluding hydrogens is 165 g/mol. The predicted octanol–water partition coefficient (Wildman–Crippen LogP) is 0.178. The fraction of sp³-hybridized carbons (Fsp3) is 1.00. The van der Waals surface area contributed by atoms with E-state index in [1.54, 1.807) is 0 Å². The Morgan fingerprint density at radius 2 is 1.91 bits per heavy atom. The minimum atomic E-state index is -3.78. The van der Waals surface area contributed by atoms with Crippen LogP contribution in [0.2, 0.25) is 0 Å². The predicted molar refractivity (Wildman–Crippen MR) is 41.5 cm³/mol. The van der Waals surface area contributed by atoms with Gasteiger partial charge in [0, 0.05) is 13.1 Å². The first kappa shape index (κ1) is 9.20. The van der Waals surface area contributed by atoms with Crippen molar-refractivity contribution in [3.63, 3.8) is 0 Å². The summed E-state index contributed by atoms with van der Waals surface area (Å²) in [5.74, 6) is 0.188. The molecule has 65 valence electrons. The van der Waals surface area contributed by atoms with Gasteiger partial charge >= 0.3 is 7.60 Å². The zero-order valence-electron chi connectivity index (χ0n) is 6.31. The lowest BCUT2D eigenvalue weighted by molar-refractivity contribution is 0.337. The molecule has 0 amide bonds. The molecular formula is C6H13NO3P. The second-order valence-corrected chi connectivity index (χ2v) is 4.66. The summed E-state index contributed by atoms with van der Waals surface area (Å²) in [6.07, 6.45) is 1.72. The van der Waals surface area contributed by atoms with Gasteiger partial charge in [0.25, 0.3) is 0 Å². The number of hydrogen-bond donors (Lipinski definition) is 2. The van der Waals surface area contributed by atoms with Gasteiger partial charge in [-0.05, 0) is 18.8 Å². The second kappa shape index (κ2) is 3.68. The van der Waals surface area contributed by atoms with Gasteiger partial charge in [0.05, 0.1) is 6.16 Å². The number of rotatable bonds is 2. The smallest absolute Gasteiger partial charge is 0.324 e. The van der Waals surface area contributed by atoms with Crippen LogP contribution in [0, 0.1) is 5.92 Å². The van der Waals surface area contributed by atoms with Crippen molar-refractivity contribution in [1.29, 1.82) is 0 Å². The van der Waals surface area contributed by atoms with Gasteiger partial charge in [-0.3, -0.25) is 4.57 Å². The lowest BCUT2D eigenvalue weighted by Gasteiger charge is -2.21. The van der Waals surface area contributed by atoms with Crippen LogP contribution in [0.15, 0.2) is 0 Å². The van der Waals surface area contributed by atoms with Gasteiger partial charge in [-0.15, -0.1) is 0 Å². The van der Waals surface area contributed by atoms with Crippen LogP contribution in [0.3, 0.4) is 0 Å². The van der Waals surface area contributed by atoms with Crippen molar-refractivity contribution in [2.24, 2.45) is 5.92 Å². The molecule has 1 saturated heterocycles. The molecule has 1 fully saturated rings. The van der Waals surface area contributed by atoms with E-state index in [1.807, 2.05) is 0 Å². The fourth-order valence-electron chi connectivity index (χ4n) is 1.32. The summed E-state index contributed by atoms with van der Waals surface area (Å²) in [6.45, 7) is 1.54. The normalized spacial score (nSPS) is 22.0. The number of hydrogen-bond acceptors (Lipinski definition) is 1. The van der Waals surface area contributed by atoms with Gasteiger partial charge in [0.15, 0.2) is 0 Å². The molecule has 0 aromatic rings. The molecule has 11 heavy (non-hydrogen) atoms. The van der Waals surface area contributed by atoms with Gasteiger partial charge < -0.3 is 9.79 Å². The topological polar surface area (TPSA) is 71.6 Å². The first-order valence-electron chi connectivity index (χ1n) is 3.76. The van der Waals surface area contributed by atoms with E-state index in [4.69, 9.17) is 9.79 Å². The molecule has 0 bridgehead atoms. The van der Waals surface area contributed by atoms with Gasteiger partial charge in [-0.2, -0.15) is 0 Å². The van der Waals surface area contributed by atoms with E-state index >= 15 is 0 Å². The van der Waals surface area contributed by atoms with Gasteiger partial charge in [-0.25, -0.2) is 5.32 Å². The first-order valence-corrected chi connectivity index (χ1v) is 5.55. The highest BCUT2D eigenvalue weighted by atomic mass is 31.2. The van der Waals surface area contributed by atoms with Crippen molar-refractivity contribution in [1.82, 2.24) is 5.32 Å². The summed E-state index contributed by atoms with van der Waals surface area (Å²) in [5, 5.41) is 4.10. The second-order valence-electron chi connectivity index (χ2n) is 2.96. The molecule has 0 spiro atoms. The third-order valence-electron chi connectivity index (χ3n) is 1.89. The minimum absolute atomic E-state index is 0.0442. The van der Waals surface area contributed by atoms with Crippen LogP contribution in [0.4, 0.5) is 0 Å². The van der Waals surface area contributed by atoms with E-state index in [1.165, 1.54) is 0 Å². The van der Waals surface area contributed by atoms with Crippen LogP contribution in [-0.2, 0) is 4.57 Å². The van der Waals surface area contributed by atoms with Crippen molar-refractivity contribution < 1.29 is 14.4 Å². The Balaban J connectivity index is 2.30. The Hall–Kier alpha value is 0.110. The van der Waals surface area contributed by atoms with Crippen molar-refractivity contribution in [3.05, 3.63) is 0 Å². The maximum absolute atomic E-state index is 10.6. The SMILES string of the molecule is O=P(O)(O)CC1CC[N]CC1. The van der Waals surface area contributed by atoms with Crippen LogP contribution < -0.4 is 5.32 Å². The standard InChI is InChI=1S/C6H13NO3P/c8-11(9,10)5-6-1-3-7-4-2-6/h6H,1-5H2,(H2,8,9,10). The number of nitrogens with zero attached hydrogens (tertiary/aromatic N) is 1. The Bertz CT molecular complexity index is 161. The molecule has 0 atom stereocenters. The molecule has 0 aliphatic carbocycles. The number of piperidine rings is 1. The van der Waals surface area contributed by atoms with Crippen molar-refractivity contribution in [2.45, 2.75) is 12.8 Å². The zero-order chi connectivity index (χ0) is 8.32. The van der Waals surface area contributed by atoms with Crippen LogP contribution in [-0.4, -0.2) is 29.0 Å². The van der Waals surface area contributed by atoms with Crippen molar-refractivity contribution in [2.75, 3.05) is 19.3 Å². The Morgan fingerprint density at radius 1 is 1.36 bits per heavy atom. The highest BCUT2D eigenvalue weighted by molar-refractivity contribution is 7.51. The third kappa shape index (κ3) is 3.87. The molecule has 1 aliphatic rings. The van der Waals surface area contributed by atoms with Crippen LogP contribution in [0.1, 0.15) is 12.8 Å². The molecule has 0 unspecified atom stereocenters. The molecule has 1 aliphatic heterocycles. The Morgan fingerprint density at radius 3 is 2.36 bits per heavy atom. The largest absolute Gasteiger partial charge is 0.325 e. The lowest BCUT2D eigenvalue weighted by Crippen LogP contribution is -2.24. The average molecular weight is 178 g/mol. The summed E-state index contributed by atoms with van der Waals surface area (Å²) >= 11 is 0. The third-order valence-corrected chi connectivity index (χ3v) is 2.88. The maximum Gasteiger partial charge on any atom is 0.325 e. The fourth-order valence-corrected chi connectivity index (χ4v) is 2.36. The highest BCUT2D eigenvalue weighted by Crippen LogP contribution is 2.38. The van der Waals surface area contributed by atoms with E-state index in [0.29, 0.717) is 0 Å². The molecule has 0 aromatic heterocycles. The molecule has 1 radical (unpaired) electrons. The molecule has 0 aromatic carbocycles. The lowest BCUT2D eigenvalue weighted by atomic mass is 10.0. The maximum atomic E-state index is 10.6. The summed E-state index contributed by atoms with van der Waals surface area (Å²) in [7, 11) is -3.78. The highest BCUT2D eigenvalue weighted by Gasteiger charge is 2.22. The van der Waals surface area contributed by atoms with E-state index in [9.17, 15) is 4.57 Å². The molecule has 4 nitrogen and oxygen atoms in total. The quantitative estimate of drug-likeness (QED) is 0.592. The molecule has 1 rings (SSSR count). The monoisotopic (exact) mass is 178 g/mol.